The maximum absolute atomic E-state index is 11.9. The smallest absolute Gasteiger partial charge is 0.323 e. The van der Waals surface area contributed by atoms with E-state index in [0.29, 0.717) is 11.2 Å². The molecule has 0 atom stereocenters. The summed E-state index contributed by atoms with van der Waals surface area (Å²) in [7, 11) is 0. The van der Waals surface area contributed by atoms with Gasteiger partial charge in [0.25, 0.3) is 0 Å². The van der Waals surface area contributed by atoms with Crippen LogP contribution in [-0.2, 0) is 0 Å². The molecule has 1 N–H and O–H groups in total. The summed E-state index contributed by atoms with van der Waals surface area (Å²) < 4.78 is 4.97. The number of hydrogen-bond acceptors (Lipinski definition) is 7. The Morgan fingerprint density at radius 1 is 1.07 bits per heavy atom. The van der Waals surface area contributed by atoms with Crippen molar-refractivity contribution in [1.29, 1.82) is 0 Å². The van der Waals surface area contributed by atoms with Crippen LogP contribution in [0.4, 0.5) is 17.1 Å². The summed E-state index contributed by atoms with van der Waals surface area (Å²) in [5.74, 6) is 2.46. The van der Waals surface area contributed by atoms with E-state index in [9.17, 15) is 10.1 Å². The summed E-state index contributed by atoms with van der Waals surface area (Å²) in [6, 6.07) is 1.94. The minimum absolute atomic E-state index is 0.0224. The lowest BCUT2D eigenvalue weighted by Gasteiger charge is -2.57. The van der Waals surface area contributed by atoms with Crippen LogP contribution in [0.5, 0.6) is 0 Å². The largest absolute Gasteiger partial charge is 0.378 e. The second-order valence-corrected chi connectivity index (χ2v) is 9.53. The first-order valence-electron chi connectivity index (χ1n) is 10.6. The fraction of sp³-hybridized carbons (Fsp3) is 0.700. The second kappa shape index (κ2) is 5.81. The zero-order valence-corrected chi connectivity index (χ0v) is 15.9. The van der Waals surface area contributed by atoms with Crippen LogP contribution in [0.3, 0.4) is 0 Å². The third-order valence-electron chi connectivity index (χ3n) is 7.56. The van der Waals surface area contributed by atoms with Crippen molar-refractivity contribution in [1.82, 2.24) is 10.3 Å². The monoisotopic (exact) mass is 383 g/mol. The van der Waals surface area contributed by atoms with Gasteiger partial charge in [-0.05, 0) is 85.5 Å². The lowest BCUT2D eigenvalue weighted by atomic mass is 9.53. The Kier molecular flexibility index (Phi) is 3.44. The van der Waals surface area contributed by atoms with Crippen molar-refractivity contribution in [2.24, 2.45) is 17.8 Å². The van der Waals surface area contributed by atoms with Gasteiger partial charge in [0.05, 0.1) is 10.6 Å². The van der Waals surface area contributed by atoms with Crippen molar-refractivity contribution in [3.05, 3.63) is 16.2 Å². The molecule has 1 saturated heterocycles. The van der Waals surface area contributed by atoms with Gasteiger partial charge < -0.3 is 10.2 Å². The molecule has 4 saturated carbocycles. The van der Waals surface area contributed by atoms with E-state index in [-0.39, 0.29) is 21.7 Å². The number of rotatable bonds is 4. The molecular formula is C20H25N5O3. The van der Waals surface area contributed by atoms with E-state index in [1.54, 1.807) is 0 Å². The van der Waals surface area contributed by atoms with Crippen LogP contribution in [0.1, 0.15) is 51.4 Å². The van der Waals surface area contributed by atoms with E-state index in [1.807, 2.05) is 6.07 Å². The summed E-state index contributed by atoms with van der Waals surface area (Å²) in [6.07, 6.45) is 9.84. The molecule has 0 amide bonds. The molecule has 1 aromatic heterocycles. The van der Waals surface area contributed by atoms with Crippen LogP contribution in [0, 0.1) is 27.9 Å². The molecule has 0 radical (unpaired) electrons. The molecule has 5 aliphatic rings. The molecule has 148 valence electrons. The third kappa shape index (κ3) is 2.42. The number of fused-ring (bicyclic) bond motifs is 1. The molecule has 2 heterocycles. The van der Waals surface area contributed by atoms with Gasteiger partial charge in [0.2, 0.25) is 5.52 Å². The van der Waals surface area contributed by atoms with E-state index >= 15 is 0 Å². The van der Waals surface area contributed by atoms with Crippen molar-refractivity contribution >= 4 is 28.1 Å². The number of nitrogens with one attached hydrogen (secondary N) is 1. The zero-order chi connectivity index (χ0) is 18.9. The Morgan fingerprint density at radius 2 is 1.68 bits per heavy atom. The highest BCUT2D eigenvalue weighted by molar-refractivity contribution is 6.00. The maximum atomic E-state index is 11.9. The predicted octanol–water partition coefficient (Wildman–Crippen LogP) is 4.11. The average Bonchev–Trinajstić information content (AvgIpc) is 3.31. The van der Waals surface area contributed by atoms with Crippen molar-refractivity contribution in [3.63, 3.8) is 0 Å². The molecule has 0 spiro atoms. The van der Waals surface area contributed by atoms with Gasteiger partial charge in [-0.1, -0.05) is 0 Å². The van der Waals surface area contributed by atoms with E-state index in [1.165, 1.54) is 38.5 Å². The van der Waals surface area contributed by atoms with E-state index < -0.39 is 0 Å². The molecular weight excluding hydrogens is 358 g/mol. The SMILES string of the molecule is O=[N+]([O-])c1c(N2CCCC2)cc(NC23CC4CC(CC(C4)C2)C3)c2nonc12. The molecule has 2 aromatic rings. The summed E-state index contributed by atoms with van der Waals surface area (Å²) in [4.78, 5) is 13.6. The lowest BCUT2D eigenvalue weighted by Crippen LogP contribution is -2.54. The molecule has 5 fully saturated rings. The van der Waals surface area contributed by atoms with Gasteiger partial charge in [0, 0.05) is 18.6 Å². The summed E-state index contributed by atoms with van der Waals surface area (Å²) in [5.41, 5.74) is 2.38. The lowest BCUT2D eigenvalue weighted by molar-refractivity contribution is -0.382. The molecule has 7 rings (SSSR count). The minimum atomic E-state index is -0.339. The molecule has 4 bridgehead atoms. The Balaban J connectivity index is 1.45. The number of anilines is 2. The van der Waals surface area contributed by atoms with Gasteiger partial charge in [0.1, 0.15) is 5.69 Å². The molecule has 1 aromatic carbocycles. The third-order valence-corrected chi connectivity index (χ3v) is 7.56. The van der Waals surface area contributed by atoms with Gasteiger partial charge in [-0.25, -0.2) is 4.63 Å². The number of nitrogens with zero attached hydrogens (tertiary/aromatic N) is 4. The Hall–Kier alpha value is -2.38. The standard InChI is InChI=1S/C20H25N5O3/c26-25(27)19-16(24-3-1-2-4-24)8-15(17-18(19)23-28-22-17)21-20-9-12-5-13(10-20)7-14(6-12)11-20/h8,12-14,21H,1-7,9-11H2. The Bertz CT molecular complexity index is 913. The number of nitro groups is 1. The van der Waals surface area contributed by atoms with Crippen LogP contribution in [-0.4, -0.2) is 33.9 Å². The Morgan fingerprint density at radius 3 is 2.29 bits per heavy atom. The fourth-order valence-corrected chi connectivity index (χ4v) is 6.94. The zero-order valence-electron chi connectivity index (χ0n) is 15.9. The molecule has 4 aliphatic carbocycles. The van der Waals surface area contributed by atoms with Gasteiger partial charge in [0.15, 0.2) is 5.52 Å². The van der Waals surface area contributed by atoms with Crippen LogP contribution in [0.25, 0.3) is 11.0 Å². The predicted molar refractivity (Wildman–Crippen MR) is 104 cm³/mol. The normalized spacial score (nSPS) is 33.7. The molecule has 1 aliphatic heterocycles. The molecule has 8 heteroatoms. The van der Waals surface area contributed by atoms with Crippen LogP contribution < -0.4 is 10.2 Å². The van der Waals surface area contributed by atoms with E-state index in [0.717, 1.165) is 49.4 Å². The highest BCUT2D eigenvalue weighted by atomic mass is 16.6. The minimum Gasteiger partial charge on any atom is -0.378 e. The Labute approximate surface area is 162 Å². The summed E-state index contributed by atoms with van der Waals surface area (Å²) >= 11 is 0. The van der Waals surface area contributed by atoms with Gasteiger partial charge in [-0.3, -0.25) is 10.1 Å². The topological polar surface area (TPSA) is 97.3 Å². The number of aromatic nitrogens is 2. The van der Waals surface area contributed by atoms with Gasteiger partial charge in [-0.15, -0.1) is 0 Å². The van der Waals surface area contributed by atoms with Crippen molar-refractivity contribution in [2.45, 2.75) is 56.9 Å². The molecule has 0 unspecified atom stereocenters. The average molecular weight is 383 g/mol. The van der Waals surface area contributed by atoms with Gasteiger partial charge in [-0.2, -0.15) is 0 Å². The maximum Gasteiger partial charge on any atom is 0.323 e. The van der Waals surface area contributed by atoms with Crippen molar-refractivity contribution in [3.8, 4) is 0 Å². The first kappa shape index (κ1) is 16.6. The summed E-state index contributed by atoms with van der Waals surface area (Å²) in [6.45, 7) is 1.68. The molecule has 8 nitrogen and oxygen atoms in total. The second-order valence-electron chi connectivity index (χ2n) is 9.53. The number of hydrogen-bond donors (Lipinski definition) is 1. The number of benzene rings is 1. The van der Waals surface area contributed by atoms with Crippen molar-refractivity contribution < 1.29 is 9.55 Å². The van der Waals surface area contributed by atoms with E-state index in [4.69, 9.17) is 4.63 Å². The van der Waals surface area contributed by atoms with Gasteiger partial charge >= 0.3 is 5.69 Å². The van der Waals surface area contributed by atoms with Crippen LogP contribution in [0.15, 0.2) is 10.7 Å². The quantitative estimate of drug-likeness (QED) is 0.626. The highest BCUT2D eigenvalue weighted by Gasteiger charge is 2.51. The number of nitro benzene ring substituents is 1. The van der Waals surface area contributed by atoms with Crippen LogP contribution >= 0.6 is 0 Å². The first-order chi connectivity index (χ1) is 13.6. The fourth-order valence-electron chi connectivity index (χ4n) is 6.94. The summed E-state index contributed by atoms with van der Waals surface area (Å²) in [5, 5.41) is 23.7. The van der Waals surface area contributed by atoms with E-state index in [2.05, 4.69) is 20.5 Å². The van der Waals surface area contributed by atoms with Crippen LogP contribution in [0.2, 0.25) is 0 Å². The van der Waals surface area contributed by atoms with Crippen molar-refractivity contribution in [2.75, 3.05) is 23.3 Å². The molecule has 28 heavy (non-hydrogen) atoms. The first-order valence-corrected chi connectivity index (χ1v) is 10.6. The highest BCUT2D eigenvalue weighted by Crippen LogP contribution is 2.57.